The van der Waals surface area contributed by atoms with Crippen molar-refractivity contribution in [2.24, 2.45) is 0 Å². The van der Waals surface area contributed by atoms with Crippen LogP contribution >= 0.6 is 0 Å². The van der Waals surface area contributed by atoms with Crippen LogP contribution in [0.3, 0.4) is 0 Å². The smallest absolute Gasteiger partial charge is 0.332 e. The van der Waals surface area contributed by atoms with Crippen molar-refractivity contribution < 1.29 is 23.9 Å². The Bertz CT molecular complexity index is 377. The number of rotatable bonds is 4. The topological polar surface area (TPSA) is 72.9 Å². The van der Waals surface area contributed by atoms with Crippen molar-refractivity contribution >= 4 is 17.8 Å². The average molecular weight is 269 g/mol. The van der Waals surface area contributed by atoms with Crippen LogP contribution in [0, 0.1) is 0 Å². The Morgan fingerprint density at radius 3 is 2.58 bits per heavy atom. The number of carbonyl (C=O) groups is 3. The molecule has 1 aliphatic rings. The quantitative estimate of drug-likeness (QED) is 0.562. The number of hydrogen-bond acceptors (Lipinski definition) is 5. The number of carbonyl (C=O) groups excluding carboxylic acids is 3. The molecule has 0 aromatic rings. The molecule has 1 fully saturated rings. The Kier molecular flexibility index (Phi) is 6.05. The molecule has 1 atom stereocenters. The number of amides is 1. The lowest BCUT2D eigenvalue weighted by atomic mass is 10.2. The molecule has 0 radical (unpaired) electrons. The summed E-state index contributed by atoms with van der Waals surface area (Å²) in [7, 11) is 1.22. The standard InChI is InChI=1S/C13H19NO5/c1-10(14-9-5-3-4-6-11(14)15)19-13(17)8-7-12(16)18-2/h7-8,10H,3-6,9H2,1-2H3. The van der Waals surface area contributed by atoms with Gasteiger partial charge in [0.2, 0.25) is 5.91 Å². The third kappa shape index (κ3) is 5.11. The third-order valence-corrected chi connectivity index (χ3v) is 2.89. The van der Waals surface area contributed by atoms with Gasteiger partial charge in [0, 0.05) is 25.1 Å². The maximum Gasteiger partial charge on any atom is 0.332 e. The van der Waals surface area contributed by atoms with Gasteiger partial charge in [0.1, 0.15) is 0 Å². The van der Waals surface area contributed by atoms with Crippen LogP contribution in [0.5, 0.6) is 0 Å². The second kappa shape index (κ2) is 7.56. The van der Waals surface area contributed by atoms with Crippen LogP contribution < -0.4 is 0 Å². The van der Waals surface area contributed by atoms with Gasteiger partial charge >= 0.3 is 11.9 Å². The molecule has 6 nitrogen and oxygen atoms in total. The number of esters is 2. The lowest BCUT2D eigenvalue weighted by molar-refractivity contribution is -0.158. The largest absolute Gasteiger partial charge is 0.466 e. The van der Waals surface area contributed by atoms with Crippen LogP contribution in [0.2, 0.25) is 0 Å². The van der Waals surface area contributed by atoms with Crippen molar-refractivity contribution in [1.29, 1.82) is 0 Å². The lowest BCUT2D eigenvalue weighted by Gasteiger charge is -2.27. The molecule has 1 saturated heterocycles. The number of methoxy groups -OCH3 is 1. The predicted molar refractivity (Wildman–Crippen MR) is 66.9 cm³/mol. The minimum Gasteiger partial charge on any atom is -0.466 e. The van der Waals surface area contributed by atoms with E-state index in [-0.39, 0.29) is 5.91 Å². The first-order valence-electron chi connectivity index (χ1n) is 6.30. The van der Waals surface area contributed by atoms with Gasteiger partial charge in [-0.05, 0) is 19.8 Å². The molecule has 0 aliphatic carbocycles. The summed E-state index contributed by atoms with van der Waals surface area (Å²) in [4.78, 5) is 35.6. The molecule has 0 aromatic heterocycles. The Labute approximate surface area is 112 Å². The summed E-state index contributed by atoms with van der Waals surface area (Å²) in [6, 6.07) is 0. The molecule has 1 aliphatic heterocycles. The molecule has 0 spiro atoms. The maximum absolute atomic E-state index is 11.8. The van der Waals surface area contributed by atoms with E-state index in [0.717, 1.165) is 31.4 Å². The van der Waals surface area contributed by atoms with E-state index in [1.807, 2.05) is 0 Å². The van der Waals surface area contributed by atoms with Crippen molar-refractivity contribution in [3.05, 3.63) is 12.2 Å². The van der Waals surface area contributed by atoms with E-state index in [0.29, 0.717) is 13.0 Å². The summed E-state index contributed by atoms with van der Waals surface area (Å²) >= 11 is 0. The van der Waals surface area contributed by atoms with Gasteiger partial charge < -0.3 is 14.4 Å². The normalized spacial score (nSPS) is 18.0. The molecule has 1 amide bonds. The van der Waals surface area contributed by atoms with Gasteiger partial charge in [-0.2, -0.15) is 0 Å². The molecular weight excluding hydrogens is 250 g/mol. The van der Waals surface area contributed by atoms with E-state index in [1.165, 1.54) is 7.11 Å². The highest BCUT2D eigenvalue weighted by Crippen LogP contribution is 2.14. The summed E-state index contributed by atoms with van der Waals surface area (Å²) in [5.74, 6) is -1.31. The minimum atomic E-state index is -0.671. The number of likely N-dealkylation sites (tertiary alicyclic amines) is 1. The molecule has 1 heterocycles. The second-order valence-electron chi connectivity index (χ2n) is 4.29. The Balaban J connectivity index is 2.50. The van der Waals surface area contributed by atoms with Crippen molar-refractivity contribution in [1.82, 2.24) is 4.90 Å². The fraction of sp³-hybridized carbons (Fsp3) is 0.615. The van der Waals surface area contributed by atoms with Crippen LogP contribution in [0.15, 0.2) is 12.2 Å². The highest BCUT2D eigenvalue weighted by atomic mass is 16.6. The Hall–Kier alpha value is -1.85. The summed E-state index contributed by atoms with van der Waals surface area (Å²) in [6.07, 6.45) is 4.62. The summed E-state index contributed by atoms with van der Waals surface area (Å²) in [6.45, 7) is 2.24. The lowest BCUT2D eigenvalue weighted by Crippen LogP contribution is -2.40. The highest BCUT2D eigenvalue weighted by Gasteiger charge is 2.23. The molecule has 106 valence electrons. The first-order chi connectivity index (χ1) is 9.04. The zero-order chi connectivity index (χ0) is 14.3. The van der Waals surface area contributed by atoms with Gasteiger partial charge in [0.25, 0.3) is 0 Å². The summed E-state index contributed by atoms with van der Waals surface area (Å²) < 4.78 is 9.44. The molecule has 0 aromatic carbocycles. The van der Waals surface area contributed by atoms with E-state index in [9.17, 15) is 14.4 Å². The monoisotopic (exact) mass is 269 g/mol. The van der Waals surface area contributed by atoms with E-state index < -0.39 is 18.2 Å². The molecule has 0 N–H and O–H groups in total. The third-order valence-electron chi connectivity index (χ3n) is 2.89. The molecule has 19 heavy (non-hydrogen) atoms. The van der Waals surface area contributed by atoms with Gasteiger partial charge in [-0.1, -0.05) is 6.42 Å². The van der Waals surface area contributed by atoms with Gasteiger partial charge in [-0.25, -0.2) is 9.59 Å². The van der Waals surface area contributed by atoms with Crippen molar-refractivity contribution in [2.45, 2.75) is 38.8 Å². The van der Waals surface area contributed by atoms with E-state index in [4.69, 9.17) is 4.74 Å². The van der Waals surface area contributed by atoms with Gasteiger partial charge in [0.15, 0.2) is 6.23 Å². The zero-order valence-corrected chi connectivity index (χ0v) is 11.3. The van der Waals surface area contributed by atoms with Crippen LogP contribution in [0.25, 0.3) is 0 Å². The van der Waals surface area contributed by atoms with Crippen molar-refractivity contribution in [3.8, 4) is 0 Å². The zero-order valence-electron chi connectivity index (χ0n) is 11.3. The summed E-state index contributed by atoms with van der Waals surface area (Å²) in [5.41, 5.74) is 0. The van der Waals surface area contributed by atoms with Crippen LogP contribution in [0.4, 0.5) is 0 Å². The summed E-state index contributed by atoms with van der Waals surface area (Å²) in [5, 5.41) is 0. The van der Waals surface area contributed by atoms with Crippen LogP contribution in [-0.2, 0) is 23.9 Å². The second-order valence-corrected chi connectivity index (χ2v) is 4.29. The fourth-order valence-electron chi connectivity index (χ4n) is 1.86. The highest BCUT2D eigenvalue weighted by molar-refractivity contribution is 5.91. The van der Waals surface area contributed by atoms with Crippen molar-refractivity contribution in [3.63, 3.8) is 0 Å². The predicted octanol–water partition coefficient (Wildman–Crippen LogP) is 1.01. The molecule has 0 bridgehead atoms. The Morgan fingerprint density at radius 1 is 1.21 bits per heavy atom. The van der Waals surface area contributed by atoms with Crippen LogP contribution in [0.1, 0.15) is 32.6 Å². The van der Waals surface area contributed by atoms with E-state index in [1.54, 1.807) is 11.8 Å². The number of hydrogen-bond donors (Lipinski definition) is 0. The fourth-order valence-corrected chi connectivity index (χ4v) is 1.86. The molecule has 6 heteroatoms. The molecule has 1 unspecified atom stereocenters. The van der Waals surface area contributed by atoms with Gasteiger partial charge in [0.05, 0.1) is 7.11 Å². The number of ether oxygens (including phenoxy) is 2. The Morgan fingerprint density at radius 2 is 1.89 bits per heavy atom. The van der Waals surface area contributed by atoms with E-state index in [2.05, 4.69) is 4.74 Å². The van der Waals surface area contributed by atoms with Crippen LogP contribution in [-0.4, -0.2) is 42.6 Å². The number of nitrogens with zero attached hydrogens (tertiary/aromatic N) is 1. The molecule has 0 saturated carbocycles. The van der Waals surface area contributed by atoms with E-state index >= 15 is 0 Å². The molecular formula is C13H19NO5. The van der Waals surface area contributed by atoms with Gasteiger partial charge in [-0.15, -0.1) is 0 Å². The van der Waals surface area contributed by atoms with Gasteiger partial charge in [-0.3, -0.25) is 4.79 Å². The first-order valence-corrected chi connectivity index (χ1v) is 6.30. The molecule has 1 rings (SSSR count). The first kappa shape index (κ1) is 15.2. The van der Waals surface area contributed by atoms with Crippen molar-refractivity contribution in [2.75, 3.05) is 13.7 Å². The average Bonchev–Trinajstić information content (AvgIpc) is 2.60. The SMILES string of the molecule is COC(=O)C=CC(=O)OC(C)N1CCCCCC1=O. The maximum atomic E-state index is 11.8. The minimum absolute atomic E-state index is 0.00486.